The van der Waals surface area contributed by atoms with Crippen molar-refractivity contribution in [3.05, 3.63) is 45.7 Å². The van der Waals surface area contributed by atoms with Crippen molar-refractivity contribution in [2.45, 2.75) is 19.5 Å². The van der Waals surface area contributed by atoms with Gasteiger partial charge in [-0.15, -0.1) is 0 Å². The number of nitrogens with one attached hydrogen (secondary N) is 1. The number of carbonyl (C=O) groups is 1. The molecule has 0 bridgehead atoms. The highest BCUT2D eigenvalue weighted by atomic mass is 19.4. The molecule has 1 heterocycles. The third kappa shape index (κ3) is 2.52. The van der Waals surface area contributed by atoms with Gasteiger partial charge in [-0.3, -0.25) is 9.59 Å². The van der Waals surface area contributed by atoms with Gasteiger partial charge in [0.1, 0.15) is 0 Å². The van der Waals surface area contributed by atoms with Crippen LogP contribution in [0.15, 0.2) is 29.1 Å². The molecule has 0 saturated heterocycles. The zero-order chi connectivity index (χ0) is 14.2. The third-order valence-corrected chi connectivity index (χ3v) is 2.79. The van der Waals surface area contributed by atoms with E-state index in [0.717, 1.165) is 0 Å². The first-order valence-corrected chi connectivity index (χ1v) is 5.60. The second-order valence-electron chi connectivity index (χ2n) is 4.08. The zero-order valence-corrected chi connectivity index (χ0v) is 9.97. The fraction of sp³-hybridized carbons (Fsp3) is 0.231. The molecule has 0 fully saturated rings. The molecule has 0 radical (unpaired) electrons. The topological polar surface area (TPSA) is 49.9 Å². The predicted octanol–water partition coefficient (Wildman–Crippen LogP) is 3.14. The minimum atomic E-state index is -4.64. The first-order chi connectivity index (χ1) is 8.82. The van der Waals surface area contributed by atoms with E-state index in [2.05, 4.69) is 4.98 Å². The second-order valence-corrected chi connectivity index (χ2v) is 4.08. The molecule has 0 unspecified atom stereocenters. The van der Waals surface area contributed by atoms with E-state index in [1.807, 2.05) is 0 Å². The summed E-state index contributed by atoms with van der Waals surface area (Å²) in [6.45, 7) is 1.63. The molecule has 0 spiro atoms. The summed E-state index contributed by atoms with van der Waals surface area (Å²) in [6, 6.07) is 4.39. The summed E-state index contributed by atoms with van der Waals surface area (Å²) in [5.74, 6) is -0.249. The van der Waals surface area contributed by atoms with Crippen molar-refractivity contribution < 1.29 is 18.0 Å². The Morgan fingerprint density at radius 1 is 1.26 bits per heavy atom. The van der Waals surface area contributed by atoms with Gasteiger partial charge in [0, 0.05) is 29.0 Å². The Kier molecular flexibility index (Phi) is 3.18. The number of benzene rings is 1. The Hall–Kier alpha value is -2.11. The van der Waals surface area contributed by atoms with Crippen LogP contribution >= 0.6 is 0 Å². The van der Waals surface area contributed by atoms with Crippen molar-refractivity contribution in [1.29, 1.82) is 0 Å². The van der Waals surface area contributed by atoms with E-state index in [1.165, 1.54) is 18.2 Å². The molecule has 0 amide bonds. The average Bonchev–Trinajstić information content (AvgIpc) is 2.35. The van der Waals surface area contributed by atoms with Crippen molar-refractivity contribution in [3.63, 3.8) is 0 Å². The minimum Gasteiger partial charge on any atom is -0.322 e. The molecule has 0 aliphatic heterocycles. The summed E-state index contributed by atoms with van der Waals surface area (Å²) in [5.41, 5.74) is -1.59. The number of carbonyl (C=O) groups excluding carboxylic acids is 1. The highest BCUT2D eigenvalue weighted by Gasteiger charge is 2.33. The van der Waals surface area contributed by atoms with Crippen LogP contribution in [0.1, 0.15) is 29.3 Å². The van der Waals surface area contributed by atoms with Crippen molar-refractivity contribution in [2.75, 3.05) is 0 Å². The Morgan fingerprint density at radius 3 is 2.53 bits per heavy atom. The van der Waals surface area contributed by atoms with Gasteiger partial charge in [0.05, 0.1) is 5.56 Å². The molecule has 2 rings (SSSR count). The van der Waals surface area contributed by atoms with E-state index in [0.29, 0.717) is 6.07 Å². The Balaban J connectivity index is 2.79. The normalized spacial score (nSPS) is 11.8. The van der Waals surface area contributed by atoms with E-state index in [9.17, 15) is 22.8 Å². The van der Waals surface area contributed by atoms with Crippen LogP contribution in [-0.4, -0.2) is 10.8 Å². The number of hydrogen-bond acceptors (Lipinski definition) is 2. The highest BCUT2D eigenvalue weighted by Crippen LogP contribution is 2.33. The summed E-state index contributed by atoms with van der Waals surface area (Å²) < 4.78 is 38.6. The number of hydrogen-bond donors (Lipinski definition) is 1. The molecule has 0 aliphatic carbocycles. The van der Waals surface area contributed by atoms with Gasteiger partial charge in [-0.05, 0) is 18.2 Å². The molecule has 19 heavy (non-hydrogen) atoms. The number of ketones is 1. The molecule has 0 aliphatic rings. The Morgan fingerprint density at radius 2 is 1.95 bits per heavy atom. The van der Waals surface area contributed by atoms with Gasteiger partial charge in [-0.1, -0.05) is 6.92 Å². The van der Waals surface area contributed by atoms with E-state index in [-0.39, 0.29) is 28.7 Å². The average molecular weight is 269 g/mol. The lowest BCUT2D eigenvalue weighted by molar-refractivity contribution is -0.136. The third-order valence-electron chi connectivity index (χ3n) is 2.79. The number of aromatic nitrogens is 1. The predicted molar refractivity (Wildman–Crippen MR) is 64.2 cm³/mol. The first kappa shape index (κ1) is 13.3. The number of Topliss-reactive ketones (excluding diaryl/α,β-unsaturated/α-hetero) is 1. The van der Waals surface area contributed by atoms with Gasteiger partial charge in [-0.25, -0.2) is 0 Å². The summed E-state index contributed by atoms with van der Waals surface area (Å²) in [5, 5.41) is -0.175. The lowest BCUT2D eigenvalue weighted by Crippen LogP contribution is -2.14. The van der Waals surface area contributed by atoms with Crippen molar-refractivity contribution in [3.8, 4) is 0 Å². The zero-order valence-electron chi connectivity index (χ0n) is 9.97. The number of fused-ring (bicyclic) bond motifs is 1. The molecule has 1 aromatic heterocycles. The van der Waals surface area contributed by atoms with Gasteiger partial charge in [0.25, 0.3) is 0 Å². The minimum absolute atomic E-state index is 0.0625. The molecule has 0 atom stereocenters. The van der Waals surface area contributed by atoms with Crippen molar-refractivity contribution >= 4 is 16.7 Å². The van der Waals surface area contributed by atoms with Gasteiger partial charge in [0.2, 0.25) is 5.56 Å². The van der Waals surface area contributed by atoms with Crippen LogP contribution in [0, 0.1) is 0 Å². The number of rotatable bonds is 2. The molecular weight excluding hydrogens is 259 g/mol. The monoisotopic (exact) mass is 269 g/mol. The van der Waals surface area contributed by atoms with Crippen LogP contribution in [0.5, 0.6) is 0 Å². The summed E-state index contributed by atoms with van der Waals surface area (Å²) >= 11 is 0. The largest absolute Gasteiger partial charge is 0.417 e. The highest BCUT2D eigenvalue weighted by molar-refractivity contribution is 5.99. The Labute approximate surface area is 106 Å². The van der Waals surface area contributed by atoms with E-state index < -0.39 is 17.3 Å². The van der Waals surface area contributed by atoms with Gasteiger partial charge in [0.15, 0.2) is 5.78 Å². The van der Waals surface area contributed by atoms with Crippen LogP contribution < -0.4 is 5.56 Å². The smallest absolute Gasteiger partial charge is 0.322 e. The van der Waals surface area contributed by atoms with Gasteiger partial charge < -0.3 is 4.98 Å². The summed E-state index contributed by atoms with van der Waals surface area (Å²) in [4.78, 5) is 25.1. The van der Waals surface area contributed by atoms with Crippen LogP contribution in [0.3, 0.4) is 0 Å². The standard InChI is InChI=1S/C13H10F3NO2/c1-2-11(18)7-3-4-10-8(5-7)9(13(14,15)16)6-12(19)17-10/h3-6H,2H2,1H3,(H,17,19). The quantitative estimate of drug-likeness (QED) is 0.851. The summed E-state index contributed by atoms with van der Waals surface area (Å²) in [6.07, 6.45) is -4.43. The van der Waals surface area contributed by atoms with E-state index >= 15 is 0 Å². The fourth-order valence-electron chi connectivity index (χ4n) is 1.87. The number of alkyl halides is 3. The molecule has 1 N–H and O–H groups in total. The molecule has 0 saturated carbocycles. The molecular formula is C13H10F3NO2. The number of pyridine rings is 1. The number of halogens is 3. The molecule has 2 aromatic rings. The first-order valence-electron chi connectivity index (χ1n) is 5.60. The van der Waals surface area contributed by atoms with Crippen molar-refractivity contribution in [1.82, 2.24) is 4.98 Å². The summed E-state index contributed by atoms with van der Waals surface area (Å²) in [7, 11) is 0. The second kappa shape index (κ2) is 4.53. The van der Waals surface area contributed by atoms with Gasteiger partial charge in [-0.2, -0.15) is 13.2 Å². The molecule has 3 nitrogen and oxygen atoms in total. The molecule has 1 aromatic carbocycles. The maximum absolute atomic E-state index is 12.9. The SMILES string of the molecule is CCC(=O)c1ccc2[nH]c(=O)cc(C(F)(F)F)c2c1. The number of aromatic amines is 1. The maximum atomic E-state index is 12.9. The molecule has 6 heteroatoms. The molecule has 100 valence electrons. The van der Waals surface area contributed by atoms with E-state index in [1.54, 1.807) is 6.92 Å². The van der Waals surface area contributed by atoms with Crippen LogP contribution in [0.25, 0.3) is 10.9 Å². The lowest BCUT2D eigenvalue weighted by atomic mass is 10.0. The number of H-pyrrole nitrogens is 1. The maximum Gasteiger partial charge on any atom is 0.417 e. The fourth-order valence-corrected chi connectivity index (χ4v) is 1.87. The van der Waals surface area contributed by atoms with Crippen LogP contribution in [0.2, 0.25) is 0 Å². The van der Waals surface area contributed by atoms with Crippen LogP contribution in [-0.2, 0) is 6.18 Å². The van der Waals surface area contributed by atoms with Gasteiger partial charge >= 0.3 is 6.18 Å². The van der Waals surface area contributed by atoms with Crippen molar-refractivity contribution in [2.24, 2.45) is 0 Å². The van der Waals surface area contributed by atoms with Crippen LogP contribution in [0.4, 0.5) is 13.2 Å². The van der Waals surface area contributed by atoms with E-state index in [4.69, 9.17) is 0 Å². The lowest BCUT2D eigenvalue weighted by Gasteiger charge is -2.10. The Bertz CT molecular complexity index is 701.